The summed E-state index contributed by atoms with van der Waals surface area (Å²) >= 11 is 0. The Labute approximate surface area is 118 Å². The van der Waals surface area contributed by atoms with Crippen LogP contribution in [0.4, 0.5) is 5.82 Å². The smallest absolute Gasteiger partial charge is 0.132 e. The molecule has 0 atom stereocenters. The molecule has 4 heteroatoms. The SMILES string of the molecule is C#CCn1c(C(C)C)nc(-c2ccccc2C#N)c1N. The van der Waals surface area contributed by atoms with Gasteiger partial charge < -0.3 is 10.3 Å². The third kappa shape index (κ3) is 2.24. The molecule has 2 aromatic rings. The van der Waals surface area contributed by atoms with Crippen LogP contribution in [0.15, 0.2) is 24.3 Å². The van der Waals surface area contributed by atoms with E-state index in [1.54, 1.807) is 6.07 Å². The molecule has 0 fully saturated rings. The number of terminal acetylenes is 1. The van der Waals surface area contributed by atoms with Crippen molar-refractivity contribution < 1.29 is 0 Å². The molecule has 0 aliphatic rings. The first-order valence-corrected chi connectivity index (χ1v) is 6.39. The van der Waals surface area contributed by atoms with Gasteiger partial charge in [0.15, 0.2) is 0 Å². The van der Waals surface area contributed by atoms with E-state index in [-0.39, 0.29) is 5.92 Å². The molecule has 0 saturated carbocycles. The van der Waals surface area contributed by atoms with Crippen molar-refractivity contribution in [1.82, 2.24) is 9.55 Å². The summed E-state index contributed by atoms with van der Waals surface area (Å²) in [6.45, 7) is 4.45. The Kier molecular flexibility index (Phi) is 3.77. The van der Waals surface area contributed by atoms with Gasteiger partial charge in [-0.2, -0.15) is 5.26 Å². The number of imidazole rings is 1. The van der Waals surface area contributed by atoms with Crippen molar-refractivity contribution in [1.29, 1.82) is 5.26 Å². The lowest BCUT2D eigenvalue weighted by atomic mass is 10.1. The van der Waals surface area contributed by atoms with Crippen LogP contribution in [0.1, 0.15) is 31.2 Å². The third-order valence-corrected chi connectivity index (χ3v) is 3.10. The summed E-state index contributed by atoms with van der Waals surface area (Å²) in [5.41, 5.74) is 8.10. The first kappa shape index (κ1) is 13.7. The van der Waals surface area contributed by atoms with Gasteiger partial charge in [0.2, 0.25) is 0 Å². The molecule has 20 heavy (non-hydrogen) atoms. The lowest BCUT2D eigenvalue weighted by Crippen LogP contribution is -2.07. The van der Waals surface area contributed by atoms with Crippen LogP contribution in [-0.2, 0) is 6.54 Å². The second-order valence-electron chi connectivity index (χ2n) is 4.81. The van der Waals surface area contributed by atoms with E-state index in [4.69, 9.17) is 12.2 Å². The molecular formula is C16H16N4. The van der Waals surface area contributed by atoms with Crippen LogP contribution < -0.4 is 5.73 Å². The van der Waals surface area contributed by atoms with E-state index in [1.165, 1.54) is 0 Å². The Morgan fingerprint density at radius 3 is 2.70 bits per heavy atom. The van der Waals surface area contributed by atoms with Crippen LogP contribution in [0.3, 0.4) is 0 Å². The average Bonchev–Trinajstić information content (AvgIpc) is 2.77. The molecule has 0 aliphatic carbocycles. The van der Waals surface area contributed by atoms with E-state index in [2.05, 4.69) is 17.0 Å². The first-order chi connectivity index (χ1) is 9.60. The van der Waals surface area contributed by atoms with Crippen LogP contribution in [-0.4, -0.2) is 9.55 Å². The van der Waals surface area contributed by atoms with Crippen molar-refractivity contribution in [3.63, 3.8) is 0 Å². The Bertz CT molecular complexity index is 711. The molecule has 0 radical (unpaired) electrons. The number of aromatic nitrogens is 2. The summed E-state index contributed by atoms with van der Waals surface area (Å²) in [5, 5.41) is 9.20. The van der Waals surface area contributed by atoms with Gasteiger partial charge in [0, 0.05) is 11.5 Å². The van der Waals surface area contributed by atoms with Crippen molar-refractivity contribution in [2.75, 3.05) is 5.73 Å². The molecular weight excluding hydrogens is 248 g/mol. The quantitative estimate of drug-likeness (QED) is 0.867. The van der Waals surface area contributed by atoms with Crippen LogP contribution >= 0.6 is 0 Å². The van der Waals surface area contributed by atoms with Gasteiger partial charge in [-0.05, 0) is 6.07 Å². The number of benzene rings is 1. The minimum atomic E-state index is 0.202. The van der Waals surface area contributed by atoms with Crippen LogP contribution in [0, 0.1) is 23.7 Å². The fourth-order valence-corrected chi connectivity index (χ4v) is 2.17. The summed E-state index contributed by atoms with van der Waals surface area (Å²) in [4.78, 5) is 4.60. The van der Waals surface area contributed by atoms with Crippen LogP contribution in [0.2, 0.25) is 0 Å². The lowest BCUT2D eigenvalue weighted by molar-refractivity contribution is 0.691. The molecule has 0 aliphatic heterocycles. The van der Waals surface area contributed by atoms with Gasteiger partial charge in [0.1, 0.15) is 17.3 Å². The monoisotopic (exact) mass is 264 g/mol. The van der Waals surface area contributed by atoms with E-state index < -0.39 is 0 Å². The minimum Gasteiger partial charge on any atom is -0.383 e. The predicted molar refractivity (Wildman–Crippen MR) is 79.7 cm³/mol. The normalized spacial score (nSPS) is 10.2. The molecule has 0 bridgehead atoms. The van der Waals surface area contributed by atoms with Crippen molar-refractivity contribution in [3.05, 3.63) is 35.7 Å². The number of hydrogen-bond acceptors (Lipinski definition) is 3. The third-order valence-electron chi connectivity index (χ3n) is 3.10. The van der Waals surface area contributed by atoms with Crippen molar-refractivity contribution in [3.8, 4) is 29.7 Å². The van der Waals surface area contributed by atoms with Crippen molar-refractivity contribution in [2.45, 2.75) is 26.3 Å². The highest BCUT2D eigenvalue weighted by atomic mass is 15.1. The summed E-state index contributed by atoms with van der Waals surface area (Å²) in [6.07, 6.45) is 5.40. The maximum atomic E-state index is 9.20. The number of anilines is 1. The topological polar surface area (TPSA) is 67.6 Å². The molecule has 1 heterocycles. The number of nitriles is 1. The van der Waals surface area contributed by atoms with Gasteiger partial charge in [0.05, 0.1) is 18.2 Å². The lowest BCUT2D eigenvalue weighted by Gasteiger charge is -2.08. The molecule has 0 spiro atoms. The highest BCUT2D eigenvalue weighted by Gasteiger charge is 2.19. The number of nitrogens with zero attached hydrogens (tertiary/aromatic N) is 3. The number of hydrogen-bond donors (Lipinski definition) is 1. The molecule has 4 nitrogen and oxygen atoms in total. The summed E-state index contributed by atoms with van der Waals surface area (Å²) < 4.78 is 1.83. The van der Waals surface area contributed by atoms with Gasteiger partial charge in [-0.3, -0.25) is 0 Å². The largest absolute Gasteiger partial charge is 0.383 e. The Hall–Kier alpha value is -2.72. The van der Waals surface area contributed by atoms with Crippen molar-refractivity contribution in [2.24, 2.45) is 0 Å². The molecule has 1 aromatic heterocycles. The van der Waals surface area contributed by atoms with E-state index >= 15 is 0 Å². The van der Waals surface area contributed by atoms with E-state index in [1.807, 2.05) is 36.6 Å². The van der Waals surface area contributed by atoms with Gasteiger partial charge in [-0.15, -0.1) is 6.42 Å². The van der Waals surface area contributed by atoms with Gasteiger partial charge in [0.25, 0.3) is 0 Å². The number of rotatable bonds is 3. The van der Waals surface area contributed by atoms with E-state index in [0.29, 0.717) is 23.6 Å². The molecule has 0 saturated heterocycles. The molecule has 2 N–H and O–H groups in total. The second-order valence-corrected chi connectivity index (χ2v) is 4.81. The van der Waals surface area contributed by atoms with Gasteiger partial charge in [-0.25, -0.2) is 4.98 Å². The van der Waals surface area contributed by atoms with Gasteiger partial charge >= 0.3 is 0 Å². The maximum absolute atomic E-state index is 9.20. The molecule has 1 aromatic carbocycles. The standard InChI is InChI=1S/C16H16N4/c1-4-9-20-15(18)14(19-16(20)11(2)3)13-8-6-5-7-12(13)10-17/h1,5-8,11H,9,18H2,2-3H3. The Morgan fingerprint density at radius 2 is 2.10 bits per heavy atom. The van der Waals surface area contributed by atoms with E-state index in [9.17, 15) is 5.26 Å². The summed E-state index contributed by atoms with van der Waals surface area (Å²) in [5.74, 6) is 4.14. The highest BCUT2D eigenvalue weighted by Crippen LogP contribution is 2.31. The number of nitrogens with two attached hydrogens (primary N) is 1. The Morgan fingerprint density at radius 1 is 1.40 bits per heavy atom. The Balaban J connectivity index is 2.68. The zero-order valence-corrected chi connectivity index (χ0v) is 11.6. The van der Waals surface area contributed by atoms with Gasteiger partial charge in [-0.1, -0.05) is 38.0 Å². The maximum Gasteiger partial charge on any atom is 0.132 e. The zero-order chi connectivity index (χ0) is 14.7. The molecule has 0 unspecified atom stereocenters. The number of nitrogen functional groups attached to an aromatic ring is 1. The first-order valence-electron chi connectivity index (χ1n) is 6.39. The fourth-order valence-electron chi connectivity index (χ4n) is 2.17. The fraction of sp³-hybridized carbons (Fsp3) is 0.250. The molecule has 0 amide bonds. The van der Waals surface area contributed by atoms with Crippen LogP contribution in [0.25, 0.3) is 11.3 Å². The zero-order valence-electron chi connectivity index (χ0n) is 11.6. The van der Waals surface area contributed by atoms with Crippen LogP contribution in [0.5, 0.6) is 0 Å². The van der Waals surface area contributed by atoms with Crippen molar-refractivity contribution >= 4 is 5.82 Å². The highest BCUT2D eigenvalue weighted by molar-refractivity contribution is 5.76. The second kappa shape index (κ2) is 5.50. The molecule has 100 valence electrons. The average molecular weight is 264 g/mol. The predicted octanol–water partition coefficient (Wildman–Crippen LogP) is 2.76. The molecule has 2 rings (SSSR count). The summed E-state index contributed by atoms with van der Waals surface area (Å²) in [7, 11) is 0. The minimum absolute atomic E-state index is 0.202. The van der Waals surface area contributed by atoms with E-state index in [0.717, 1.165) is 11.4 Å². The summed E-state index contributed by atoms with van der Waals surface area (Å²) in [6, 6.07) is 9.45.